The van der Waals surface area contributed by atoms with Gasteiger partial charge in [-0.2, -0.15) is 0 Å². The molecule has 4 nitrogen and oxygen atoms in total. The SMILES string of the molecule is CCCCCCCCCn1cc(C(C)N)nn1. The summed E-state index contributed by atoms with van der Waals surface area (Å²) in [6.45, 7) is 5.15. The van der Waals surface area contributed by atoms with E-state index in [2.05, 4.69) is 17.2 Å². The Hall–Kier alpha value is -0.900. The lowest BCUT2D eigenvalue weighted by molar-refractivity contribution is 0.513. The van der Waals surface area contributed by atoms with Gasteiger partial charge in [0.05, 0.1) is 11.9 Å². The van der Waals surface area contributed by atoms with Crippen LogP contribution in [0, 0.1) is 0 Å². The summed E-state index contributed by atoms with van der Waals surface area (Å²) >= 11 is 0. The van der Waals surface area contributed by atoms with E-state index < -0.39 is 0 Å². The summed E-state index contributed by atoms with van der Waals surface area (Å²) in [6, 6.07) is -0.0159. The van der Waals surface area contributed by atoms with Crippen molar-refractivity contribution in [2.45, 2.75) is 71.4 Å². The molecule has 1 aromatic rings. The van der Waals surface area contributed by atoms with Crippen molar-refractivity contribution in [1.29, 1.82) is 0 Å². The molecule has 1 rings (SSSR count). The highest BCUT2D eigenvalue weighted by atomic mass is 15.4. The molecule has 4 heteroatoms. The third-order valence-corrected chi connectivity index (χ3v) is 3.01. The first-order valence-electron chi connectivity index (χ1n) is 6.89. The van der Waals surface area contributed by atoms with E-state index in [1.54, 1.807) is 0 Å². The number of unbranched alkanes of at least 4 members (excludes halogenated alkanes) is 6. The minimum Gasteiger partial charge on any atom is -0.323 e. The van der Waals surface area contributed by atoms with E-state index in [1.807, 2.05) is 17.8 Å². The summed E-state index contributed by atoms with van der Waals surface area (Å²) in [5.41, 5.74) is 6.62. The van der Waals surface area contributed by atoms with Crippen LogP contribution < -0.4 is 5.73 Å². The Balaban J connectivity index is 2.05. The number of rotatable bonds is 9. The fourth-order valence-corrected chi connectivity index (χ4v) is 1.86. The molecule has 0 amide bonds. The van der Waals surface area contributed by atoms with Gasteiger partial charge in [-0.05, 0) is 13.3 Å². The van der Waals surface area contributed by atoms with E-state index in [0.717, 1.165) is 12.2 Å². The molecule has 0 spiro atoms. The smallest absolute Gasteiger partial charge is 0.0991 e. The number of aromatic nitrogens is 3. The van der Waals surface area contributed by atoms with Crippen LogP contribution in [0.1, 0.15) is 70.5 Å². The number of aryl methyl sites for hydroxylation is 1. The minimum atomic E-state index is -0.0159. The first-order chi connectivity index (χ1) is 8.24. The van der Waals surface area contributed by atoms with E-state index >= 15 is 0 Å². The van der Waals surface area contributed by atoms with Gasteiger partial charge in [0.1, 0.15) is 0 Å². The van der Waals surface area contributed by atoms with Crippen molar-refractivity contribution in [2.24, 2.45) is 5.73 Å². The molecule has 1 aromatic heterocycles. The molecule has 1 heterocycles. The third kappa shape index (κ3) is 5.82. The fourth-order valence-electron chi connectivity index (χ4n) is 1.86. The monoisotopic (exact) mass is 238 g/mol. The number of nitrogens with two attached hydrogens (primary N) is 1. The normalized spacial score (nSPS) is 12.9. The number of nitrogens with zero attached hydrogens (tertiary/aromatic N) is 3. The average Bonchev–Trinajstić information content (AvgIpc) is 2.77. The Morgan fingerprint density at radius 3 is 2.41 bits per heavy atom. The van der Waals surface area contributed by atoms with Crippen LogP contribution in [0.4, 0.5) is 0 Å². The highest BCUT2D eigenvalue weighted by molar-refractivity contribution is 4.97. The standard InChI is InChI=1S/C13H26N4/c1-3-4-5-6-7-8-9-10-17-11-13(12(2)14)15-16-17/h11-12H,3-10,14H2,1-2H3. The van der Waals surface area contributed by atoms with E-state index in [-0.39, 0.29) is 6.04 Å². The molecule has 1 atom stereocenters. The molecule has 0 aliphatic carbocycles. The molecule has 0 aromatic carbocycles. The summed E-state index contributed by atoms with van der Waals surface area (Å²) in [6.07, 6.45) is 11.2. The van der Waals surface area contributed by atoms with Crippen LogP contribution in [-0.2, 0) is 6.54 Å². The van der Waals surface area contributed by atoms with Gasteiger partial charge in [0, 0.05) is 12.6 Å². The van der Waals surface area contributed by atoms with Crippen LogP contribution in [-0.4, -0.2) is 15.0 Å². The van der Waals surface area contributed by atoms with Crippen LogP contribution in [0.2, 0.25) is 0 Å². The van der Waals surface area contributed by atoms with Crippen LogP contribution in [0.3, 0.4) is 0 Å². The lowest BCUT2D eigenvalue weighted by atomic mass is 10.1. The zero-order valence-electron chi connectivity index (χ0n) is 11.2. The predicted octanol–water partition coefficient (Wildman–Crippen LogP) is 3.05. The summed E-state index contributed by atoms with van der Waals surface area (Å²) in [5.74, 6) is 0. The molecule has 17 heavy (non-hydrogen) atoms. The molecule has 0 saturated heterocycles. The second-order valence-electron chi connectivity index (χ2n) is 4.82. The Kier molecular flexibility index (Phi) is 6.86. The number of hydrogen-bond donors (Lipinski definition) is 1. The molecule has 0 aliphatic heterocycles. The summed E-state index contributed by atoms with van der Waals surface area (Å²) in [7, 11) is 0. The van der Waals surface area contributed by atoms with Gasteiger partial charge in [0.15, 0.2) is 0 Å². The third-order valence-electron chi connectivity index (χ3n) is 3.01. The summed E-state index contributed by atoms with van der Waals surface area (Å²) in [4.78, 5) is 0. The highest BCUT2D eigenvalue weighted by Crippen LogP contribution is 2.08. The van der Waals surface area contributed by atoms with Gasteiger partial charge in [-0.15, -0.1) is 5.10 Å². The lowest BCUT2D eigenvalue weighted by Gasteiger charge is -2.01. The number of hydrogen-bond acceptors (Lipinski definition) is 3. The minimum absolute atomic E-state index is 0.0159. The Morgan fingerprint density at radius 1 is 1.18 bits per heavy atom. The molecular formula is C13H26N4. The van der Waals surface area contributed by atoms with Gasteiger partial charge in [-0.25, -0.2) is 0 Å². The average molecular weight is 238 g/mol. The van der Waals surface area contributed by atoms with Crippen molar-refractivity contribution in [3.8, 4) is 0 Å². The molecule has 0 saturated carbocycles. The molecule has 0 radical (unpaired) electrons. The first kappa shape index (κ1) is 14.2. The van der Waals surface area contributed by atoms with Crippen molar-refractivity contribution in [3.63, 3.8) is 0 Å². The molecule has 0 fully saturated rings. The van der Waals surface area contributed by atoms with Crippen LogP contribution in [0.15, 0.2) is 6.20 Å². The fraction of sp³-hybridized carbons (Fsp3) is 0.846. The Labute approximate surface area is 105 Å². The summed E-state index contributed by atoms with van der Waals surface area (Å²) < 4.78 is 1.91. The molecule has 98 valence electrons. The highest BCUT2D eigenvalue weighted by Gasteiger charge is 2.04. The van der Waals surface area contributed by atoms with Gasteiger partial charge < -0.3 is 5.73 Å². The van der Waals surface area contributed by atoms with Crippen LogP contribution in [0.5, 0.6) is 0 Å². The zero-order chi connectivity index (χ0) is 12.5. The largest absolute Gasteiger partial charge is 0.323 e. The Bertz CT molecular complexity index is 293. The lowest BCUT2D eigenvalue weighted by Crippen LogP contribution is -2.05. The van der Waals surface area contributed by atoms with Crippen molar-refractivity contribution in [3.05, 3.63) is 11.9 Å². The molecule has 0 bridgehead atoms. The van der Waals surface area contributed by atoms with Gasteiger partial charge >= 0.3 is 0 Å². The van der Waals surface area contributed by atoms with Crippen molar-refractivity contribution >= 4 is 0 Å². The molecular weight excluding hydrogens is 212 g/mol. The van der Waals surface area contributed by atoms with Gasteiger partial charge in [0.25, 0.3) is 0 Å². The molecule has 1 unspecified atom stereocenters. The Morgan fingerprint density at radius 2 is 1.82 bits per heavy atom. The molecule has 2 N–H and O–H groups in total. The van der Waals surface area contributed by atoms with Crippen molar-refractivity contribution < 1.29 is 0 Å². The topological polar surface area (TPSA) is 56.7 Å². The van der Waals surface area contributed by atoms with Gasteiger partial charge in [-0.1, -0.05) is 50.7 Å². The van der Waals surface area contributed by atoms with Crippen LogP contribution >= 0.6 is 0 Å². The van der Waals surface area contributed by atoms with E-state index in [9.17, 15) is 0 Å². The quantitative estimate of drug-likeness (QED) is 0.673. The van der Waals surface area contributed by atoms with E-state index in [0.29, 0.717) is 0 Å². The van der Waals surface area contributed by atoms with Crippen LogP contribution in [0.25, 0.3) is 0 Å². The molecule has 0 aliphatic rings. The maximum Gasteiger partial charge on any atom is 0.0991 e. The second-order valence-corrected chi connectivity index (χ2v) is 4.82. The van der Waals surface area contributed by atoms with E-state index in [1.165, 1.54) is 44.9 Å². The second kappa shape index (κ2) is 8.23. The maximum atomic E-state index is 5.73. The zero-order valence-corrected chi connectivity index (χ0v) is 11.2. The van der Waals surface area contributed by atoms with Crippen molar-refractivity contribution in [2.75, 3.05) is 0 Å². The first-order valence-corrected chi connectivity index (χ1v) is 6.89. The predicted molar refractivity (Wildman–Crippen MR) is 70.6 cm³/mol. The van der Waals surface area contributed by atoms with Crippen molar-refractivity contribution in [1.82, 2.24) is 15.0 Å². The maximum absolute atomic E-state index is 5.73. The summed E-state index contributed by atoms with van der Waals surface area (Å²) in [5, 5.41) is 8.11. The van der Waals surface area contributed by atoms with Gasteiger partial charge in [0.2, 0.25) is 0 Å². The van der Waals surface area contributed by atoms with E-state index in [4.69, 9.17) is 5.73 Å². The van der Waals surface area contributed by atoms with Gasteiger partial charge in [-0.3, -0.25) is 4.68 Å².